The number of carbonyl (C=O) groups is 2. The third kappa shape index (κ3) is 4.97. The molecule has 2 fully saturated rings. The molecule has 5 rings (SSSR count). The van der Waals surface area contributed by atoms with Crippen molar-refractivity contribution in [1.29, 1.82) is 0 Å². The molecule has 2 aromatic heterocycles. The Kier molecular flexibility index (Phi) is 6.75. The summed E-state index contributed by atoms with van der Waals surface area (Å²) in [4.78, 5) is 32.9. The Morgan fingerprint density at radius 3 is 2.72 bits per heavy atom. The third-order valence-corrected chi connectivity index (χ3v) is 7.20. The Labute approximate surface area is 208 Å². The molecule has 0 radical (unpaired) electrons. The van der Waals surface area contributed by atoms with Gasteiger partial charge < -0.3 is 19.1 Å². The Balaban J connectivity index is 1.37. The first-order chi connectivity index (χ1) is 17.3. The number of pyridine rings is 1. The molecule has 1 atom stereocenters. The molecule has 1 aromatic carbocycles. The van der Waals surface area contributed by atoms with Gasteiger partial charge in [0.1, 0.15) is 17.3 Å². The molecule has 190 valence electrons. The van der Waals surface area contributed by atoms with Crippen LogP contribution >= 0.6 is 0 Å². The van der Waals surface area contributed by atoms with Crippen LogP contribution in [0.3, 0.4) is 0 Å². The summed E-state index contributed by atoms with van der Waals surface area (Å²) in [6, 6.07) is 5.99. The van der Waals surface area contributed by atoms with Gasteiger partial charge in [-0.15, -0.1) is 0 Å². The fourth-order valence-corrected chi connectivity index (χ4v) is 5.21. The fraction of sp³-hybridized carbons (Fsp3) is 0.444. The minimum atomic E-state index is -0.621. The average molecular weight is 497 g/mol. The number of methoxy groups -OCH3 is 1. The van der Waals surface area contributed by atoms with Crippen molar-refractivity contribution in [3.8, 4) is 0 Å². The molecule has 1 amide bonds. The predicted octanol–water partition coefficient (Wildman–Crippen LogP) is 4.12. The van der Waals surface area contributed by atoms with Crippen LogP contribution in [0.25, 0.3) is 10.9 Å². The topological polar surface area (TPSA) is 67.7 Å². The van der Waals surface area contributed by atoms with Crippen molar-refractivity contribution in [3.63, 3.8) is 0 Å². The van der Waals surface area contributed by atoms with Crippen molar-refractivity contribution < 1.29 is 23.1 Å². The van der Waals surface area contributed by atoms with E-state index in [1.165, 1.54) is 19.2 Å². The lowest BCUT2D eigenvalue weighted by molar-refractivity contribution is -0.129. The van der Waals surface area contributed by atoms with Gasteiger partial charge in [0, 0.05) is 54.8 Å². The summed E-state index contributed by atoms with van der Waals surface area (Å²) >= 11 is 0. The van der Waals surface area contributed by atoms with Crippen molar-refractivity contribution in [1.82, 2.24) is 19.4 Å². The minimum absolute atomic E-state index is 0.198. The number of nitrogens with zero attached hydrogens (tertiary/aromatic N) is 4. The monoisotopic (exact) mass is 496 g/mol. The van der Waals surface area contributed by atoms with E-state index in [0.29, 0.717) is 30.6 Å². The van der Waals surface area contributed by atoms with Crippen molar-refractivity contribution in [2.45, 2.75) is 57.3 Å². The van der Waals surface area contributed by atoms with E-state index in [2.05, 4.69) is 14.8 Å². The SMILES string of the molecule is COC(=O)c1cc2c(CN(C)CC[C@H]3CCC(=O)N3C3CC3)cn(Cc3ccc(F)cc3F)c2cn1. The molecule has 2 aliphatic rings. The fourth-order valence-electron chi connectivity index (χ4n) is 5.21. The summed E-state index contributed by atoms with van der Waals surface area (Å²) in [7, 11) is 3.34. The van der Waals surface area contributed by atoms with E-state index >= 15 is 0 Å². The largest absolute Gasteiger partial charge is 0.464 e. The van der Waals surface area contributed by atoms with Crippen LogP contribution in [0.4, 0.5) is 8.78 Å². The Hall–Kier alpha value is -3.33. The van der Waals surface area contributed by atoms with Crippen molar-refractivity contribution in [3.05, 3.63) is 65.1 Å². The summed E-state index contributed by atoms with van der Waals surface area (Å²) in [6.45, 7) is 1.62. The molecule has 0 N–H and O–H groups in total. The molecule has 0 spiro atoms. The number of aromatic nitrogens is 2. The second kappa shape index (κ2) is 9.97. The lowest BCUT2D eigenvalue weighted by Crippen LogP contribution is -2.37. The highest BCUT2D eigenvalue weighted by Gasteiger charge is 2.40. The zero-order chi connectivity index (χ0) is 25.4. The van der Waals surface area contributed by atoms with Crippen LogP contribution < -0.4 is 0 Å². The van der Waals surface area contributed by atoms with E-state index < -0.39 is 17.6 Å². The van der Waals surface area contributed by atoms with Crippen LogP contribution in [-0.2, 0) is 22.6 Å². The van der Waals surface area contributed by atoms with Gasteiger partial charge in [-0.1, -0.05) is 6.07 Å². The minimum Gasteiger partial charge on any atom is -0.464 e. The lowest BCUT2D eigenvalue weighted by atomic mass is 10.1. The Morgan fingerprint density at radius 1 is 1.19 bits per heavy atom. The van der Waals surface area contributed by atoms with Crippen LogP contribution in [0.1, 0.15) is 53.7 Å². The first-order valence-corrected chi connectivity index (χ1v) is 12.3. The Bertz CT molecular complexity index is 1300. The molecule has 1 saturated carbocycles. The third-order valence-electron chi connectivity index (χ3n) is 7.20. The molecule has 36 heavy (non-hydrogen) atoms. The normalized spacial score (nSPS) is 18.0. The number of fused-ring (bicyclic) bond motifs is 1. The number of halogens is 2. The van der Waals surface area contributed by atoms with Gasteiger partial charge in [-0.25, -0.2) is 18.6 Å². The molecule has 3 aromatic rings. The molecule has 1 saturated heterocycles. The van der Waals surface area contributed by atoms with Gasteiger partial charge in [0.25, 0.3) is 0 Å². The van der Waals surface area contributed by atoms with Crippen LogP contribution in [0.5, 0.6) is 0 Å². The number of benzene rings is 1. The van der Waals surface area contributed by atoms with Crippen LogP contribution in [0, 0.1) is 11.6 Å². The van der Waals surface area contributed by atoms with Gasteiger partial charge in [0.05, 0.1) is 25.4 Å². The highest BCUT2D eigenvalue weighted by molar-refractivity contribution is 5.93. The van der Waals surface area contributed by atoms with Crippen molar-refractivity contribution >= 4 is 22.8 Å². The second-order valence-corrected chi connectivity index (χ2v) is 9.85. The van der Waals surface area contributed by atoms with Crippen LogP contribution in [0.15, 0.2) is 36.7 Å². The second-order valence-electron chi connectivity index (χ2n) is 9.85. The molecule has 0 bridgehead atoms. The predicted molar refractivity (Wildman–Crippen MR) is 130 cm³/mol. The van der Waals surface area contributed by atoms with Crippen molar-refractivity contribution in [2.24, 2.45) is 0 Å². The quantitative estimate of drug-likeness (QED) is 0.417. The summed E-state index contributed by atoms with van der Waals surface area (Å²) in [5.41, 5.74) is 2.26. The standard InChI is InChI=1S/C27H30F2N4O3/c1-31(10-9-21-7-8-26(34)33(21)20-5-6-20)14-18-16-32(15-17-3-4-19(28)11-23(17)29)25-13-30-24(12-22(18)25)27(35)36-2/h3-4,11-13,16,20-21H,5-10,14-15H2,1-2H3/t21-/m1/s1. The number of rotatable bonds is 9. The molecule has 1 aliphatic carbocycles. The number of hydrogen-bond acceptors (Lipinski definition) is 5. The van der Waals surface area contributed by atoms with E-state index in [1.54, 1.807) is 12.3 Å². The zero-order valence-electron chi connectivity index (χ0n) is 20.5. The number of likely N-dealkylation sites (tertiary alicyclic amines) is 1. The first kappa shape index (κ1) is 24.4. The molecule has 0 unspecified atom stereocenters. The van der Waals surface area contributed by atoms with Gasteiger partial charge in [0.15, 0.2) is 0 Å². The van der Waals surface area contributed by atoms with Gasteiger partial charge in [0.2, 0.25) is 5.91 Å². The van der Waals surface area contributed by atoms with Gasteiger partial charge in [-0.05, 0) is 50.4 Å². The number of esters is 1. The zero-order valence-corrected chi connectivity index (χ0v) is 20.5. The highest BCUT2D eigenvalue weighted by atomic mass is 19.1. The number of hydrogen-bond donors (Lipinski definition) is 0. The van der Waals surface area contributed by atoms with Gasteiger partial charge in [-0.3, -0.25) is 4.79 Å². The molecule has 7 nitrogen and oxygen atoms in total. The van der Waals surface area contributed by atoms with Gasteiger partial charge >= 0.3 is 5.97 Å². The van der Waals surface area contributed by atoms with E-state index in [-0.39, 0.29) is 18.1 Å². The molecule has 1 aliphatic heterocycles. The van der Waals surface area contributed by atoms with E-state index in [4.69, 9.17) is 4.74 Å². The summed E-state index contributed by atoms with van der Waals surface area (Å²) in [6.07, 6.45) is 8.21. The van der Waals surface area contributed by atoms with Crippen molar-refractivity contribution in [2.75, 3.05) is 20.7 Å². The number of ether oxygens (including phenoxy) is 1. The van der Waals surface area contributed by atoms with Crippen LogP contribution in [0.2, 0.25) is 0 Å². The van der Waals surface area contributed by atoms with Gasteiger partial charge in [-0.2, -0.15) is 0 Å². The van der Waals surface area contributed by atoms with E-state index in [1.807, 2.05) is 17.8 Å². The maximum atomic E-state index is 14.4. The highest BCUT2D eigenvalue weighted by Crippen LogP contribution is 2.35. The smallest absolute Gasteiger partial charge is 0.356 e. The summed E-state index contributed by atoms with van der Waals surface area (Å²) in [5, 5.41) is 0.829. The van der Waals surface area contributed by atoms with E-state index in [0.717, 1.165) is 54.8 Å². The maximum Gasteiger partial charge on any atom is 0.356 e. The Morgan fingerprint density at radius 2 is 2.00 bits per heavy atom. The summed E-state index contributed by atoms with van der Waals surface area (Å²) in [5.74, 6) is -1.48. The average Bonchev–Trinajstić information content (AvgIpc) is 3.55. The molecular formula is C27H30F2N4O3. The first-order valence-electron chi connectivity index (χ1n) is 12.3. The number of carbonyl (C=O) groups excluding carboxylic acids is 2. The molecule has 9 heteroatoms. The lowest BCUT2D eigenvalue weighted by Gasteiger charge is -2.26. The van der Waals surface area contributed by atoms with E-state index in [9.17, 15) is 18.4 Å². The number of amides is 1. The molecular weight excluding hydrogens is 466 g/mol. The summed E-state index contributed by atoms with van der Waals surface area (Å²) < 4.78 is 34.5. The van der Waals surface area contributed by atoms with Crippen LogP contribution in [-0.4, -0.2) is 64.0 Å². The maximum absolute atomic E-state index is 14.4. The molecule has 3 heterocycles.